The predicted molar refractivity (Wildman–Crippen MR) is 71.9 cm³/mol. The zero-order valence-electron chi connectivity index (χ0n) is 9.12. The molecule has 0 aliphatic carbocycles. The summed E-state index contributed by atoms with van der Waals surface area (Å²) in [4.78, 5) is 0. The van der Waals surface area contributed by atoms with Crippen LogP contribution in [0.15, 0.2) is 35.0 Å². The Morgan fingerprint density at radius 2 is 2.17 bits per heavy atom. The second-order valence-corrected chi connectivity index (χ2v) is 4.78. The standard InChI is InChI=1S/C11H8ClN5S/c12-9-3-1-2-8(10(9)13)11-14-15-16-17(11)7-4-5-18-6-7/h1-6H,13H2. The Hall–Kier alpha value is -1.92. The molecular formula is C11H8ClN5S. The molecule has 2 N–H and O–H groups in total. The lowest BCUT2D eigenvalue weighted by atomic mass is 10.1. The van der Waals surface area contributed by atoms with E-state index in [1.54, 1.807) is 22.1 Å². The molecule has 0 fully saturated rings. The van der Waals surface area contributed by atoms with Gasteiger partial charge in [-0.25, -0.2) is 0 Å². The summed E-state index contributed by atoms with van der Waals surface area (Å²) in [5, 5.41) is 16.1. The van der Waals surface area contributed by atoms with Gasteiger partial charge in [0.2, 0.25) is 0 Å². The molecule has 3 aromatic rings. The maximum Gasteiger partial charge on any atom is 0.189 e. The summed E-state index contributed by atoms with van der Waals surface area (Å²) in [7, 11) is 0. The van der Waals surface area contributed by atoms with Crippen molar-refractivity contribution in [2.75, 3.05) is 5.73 Å². The fourth-order valence-corrected chi connectivity index (χ4v) is 2.43. The van der Waals surface area contributed by atoms with E-state index < -0.39 is 0 Å². The summed E-state index contributed by atoms with van der Waals surface area (Å²) in [5.74, 6) is 0.577. The normalized spacial score (nSPS) is 10.7. The number of aromatic nitrogens is 4. The molecule has 2 heterocycles. The molecule has 0 bridgehead atoms. The van der Waals surface area contributed by atoms with Gasteiger partial charge in [0.05, 0.1) is 16.4 Å². The van der Waals surface area contributed by atoms with Gasteiger partial charge in [0.15, 0.2) is 5.82 Å². The molecule has 0 atom stereocenters. The first-order valence-electron chi connectivity index (χ1n) is 5.12. The van der Waals surface area contributed by atoms with E-state index in [1.165, 1.54) is 0 Å². The largest absolute Gasteiger partial charge is 0.397 e. The molecule has 0 amide bonds. The number of thiophene rings is 1. The topological polar surface area (TPSA) is 69.6 Å². The zero-order chi connectivity index (χ0) is 12.5. The summed E-state index contributed by atoms with van der Waals surface area (Å²) in [6, 6.07) is 7.33. The summed E-state index contributed by atoms with van der Waals surface area (Å²) in [6.07, 6.45) is 0. The summed E-state index contributed by atoms with van der Waals surface area (Å²) >= 11 is 7.58. The van der Waals surface area contributed by atoms with Crippen molar-refractivity contribution >= 4 is 28.6 Å². The van der Waals surface area contributed by atoms with Gasteiger partial charge >= 0.3 is 0 Å². The molecule has 0 aliphatic heterocycles. The van der Waals surface area contributed by atoms with Crippen molar-refractivity contribution in [3.05, 3.63) is 40.0 Å². The number of hydrogen-bond donors (Lipinski definition) is 1. The van der Waals surface area contributed by atoms with Crippen molar-refractivity contribution in [3.63, 3.8) is 0 Å². The number of para-hydroxylation sites is 1. The quantitative estimate of drug-likeness (QED) is 0.731. The van der Waals surface area contributed by atoms with Crippen LogP contribution in [0, 0.1) is 0 Å². The number of hydrogen-bond acceptors (Lipinski definition) is 5. The van der Waals surface area contributed by atoms with Crippen molar-refractivity contribution in [2.45, 2.75) is 0 Å². The lowest BCUT2D eigenvalue weighted by Crippen LogP contribution is -2.00. The Morgan fingerprint density at radius 1 is 1.28 bits per heavy atom. The van der Waals surface area contributed by atoms with E-state index in [1.807, 2.05) is 29.0 Å². The minimum Gasteiger partial charge on any atom is -0.397 e. The highest BCUT2D eigenvalue weighted by Crippen LogP contribution is 2.30. The van der Waals surface area contributed by atoms with Gasteiger partial charge in [-0.3, -0.25) is 0 Å². The molecule has 5 nitrogen and oxygen atoms in total. The fourth-order valence-electron chi connectivity index (χ4n) is 1.64. The van der Waals surface area contributed by atoms with Gasteiger partial charge in [-0.15, -0.1) is 5.10 Å². The Labute approximate surface area is 112 Å². The predicted octanol–water partition coefficient (Wildman–Crippen LogP) is 2.63. The van der Waals surface area contributed by atoms with Crippen LogP contribution in [0.25, 0.3) is 17.1 Å². The average molecular weight is 278 g/mol. The number of nitrogens with zero attached hydrogens (tertiary/aromatic N) is 4. The van der Waals surface area contributed by atoms with Crippen LogP contribution in [0.5, 0.6) is 0 Å². The number of tetrazole rings is 1. The lowest BCUT2D eigenvalue weighted by Gasteiger charge is -2.06. The Morgan fingerprint density at radius 3 is 2.94 bits per heavy atom. The number of rotatable bonds is 2. The molecular weight excluding hydrogens is 270 g/mol. The molecule has 90 valence electrons. The Kier molecular flexibility index (Phi) is 2.73. The first-order chi connectivity index (χ1) is 8.77. The Balaban J connectivity index is 2.19. The highest BCUT2D eigenvalue weighted by molar-refractivity contribution is 7.08. The van der Waals surface area contributed by atoms with E-state index in [-0.39, 0.29) is 0 Å². The third-order valence-electron chi connectivity index (χ3n) is 2.51. The van der Waals surface area contributed by atoms with Crippen LogP contribution >= 0.6 is 22.9 Å². The van der Waals surface area contributed by atoms with Crippen LogP contribution in [0.1, 0.15) is 0 Å². The van der Waals surface area contributed by atoms with E-state index in [9.17, 15) is 0 Å². The maximum atomic E-state index is 6.01. The highest BCUT2D eigenvalue weighted by Gasteiger charge is 2.14. The monoisotopic (exact) mass is 277 g/mol. The molecule has 0 unspecified atom stereocenters. The summed E-state index contributed by atoms with van der Waals surface area (Å²) in [5.41, 5.74) is 8.06. The van der Waals surface area contributed by atoms with Gasteiger partial charge in [0, 0.05) is 10.9 Å². The van der Waals surface area contributed by atoms with Gasteiger partial charge in [-0.1, -0.05) is 17.7 Å². The molecule has 7 heteroatoms. The van der Waals surface area contributed by atoms with Gasteiger partial charge in [0.1, 0.15) is 0 Å². The second-order valence-electron chi connectivity index (χ2n) is 3.60. The van der Waals surface area contributed by atoms with Crippen LogP contribution in [-0.2, 0) is 0 Å². The molecule has 0 saturated carbocycles. The third-order valence-corrected chi connectivity index (χ3v) is 3.51. The van der Waals surface area contributed by atoms with Crippen molar-refractivity contribution < 1.29 is 0 Å². The molecule has 3 rings (SSSR count). The van der Waals surface area contributed by atoms with Crippen molar-refractivity contribution in [1.29, 1.82) is 0 Å². The molecule has 2 aromatic heterocycles. The van der Waals surface area contributed by atoms with Gasteiger partial charge in [-0.05, 0) is 34.0 Å². The van der Waals surface area contributed by atoms with Gasteiger partial charge < -0.3 is 5.73 Å². The lowest BCUT2D eigenvalue weighted by molar-refractivity contribution is 0.793. The maximum absolute atomic E-state index is 6.01. The van der Waals surface area contributed by atoms with Crippen LogP contribution in [-0.4, -0.2) is 20.2 Å². The van der Waals surface area contributed by atoms with Crippen LogP contribution in [0.3, 0.4) is 0 Å². The molecule has 1 aromatic carbocycles. The summed E-state index contributed by atoms with van der Waals surface area (Å²) < 4.78 is 1.64. The second kappa shape index (κ2) is 4.40. The fraction of sp³-hybridized carbons (Fsp3) is 0. The van der Waals surface area contributed by atoms with Crippen LogP contribution in [0.4, 0.5) is 5.69 Å². The smallest absolute Gasteiger partial charge is 0.189 e. The molecule has 0 saturated heterocycles. The minimum atomic E-state index is 0.477. The van der Waals surface area contributed by atoms with E-state index in [2.05, 4.69) is 15.5 Å². The molecule has 18 heavy (non-hydrogen) atoms. The van der Waals surface area contributed by atoms with Crippen molar-refractivity contribution in [1.82, 2.24) is 20.2 Å². The van der Waals surface area contributed by atoms with Gasteiger partial charge in [0.25, 0.3) is 0 Å². The first-order valence-corrected chi connectivity index (χ1v) is 6.45. The van der Waals surface area contributed by atoms with Gasteiger partial charge in [-0.2, -0.15) is 16.0 Å². The number of nitrogens with two attached hydrogens (primary N) is 1. The van der Waals surface area contributed by atoms with E-state index in [0.29, 0.717) is 16.5 Å². The van der Waals surface area contributed by atoms with Crippen molar-refractivity contribution in [2.24, 2.45) is 0 Å². The van der Waals surface area contributed by atoms with E-state index >= 15 is 0 Å². The van der Waals surface area contributed by atoms with Crippen LogP contribution < -0.4 is 5.73 Å². The molecule has 0 aliphatic rings. The van der Waals surface area contributed by atoms with Crippen molar-refractivity contribution in [3.8, 4) is 17.1 Å². The van der Waals surface area contributed by atoms with E-state index in [4.69, 9.17) is 17.3 Å². The number of anilines is 1. The Bertz CT molecular complexity index is 677. The highest BCUT2D eigenvalue weighted by atomic mass is 35.5. The van der Waals surface area contributed by atoms with E-state index in [0.717, 1.165) is 11.3 Å². The number of halogens is 1. The summed E-state index contributed by atoms with van der Waals surface area (Å²) in [6.45, 7) is 0. The average Bonchev–Trinajstić information content (AvgIpc) is 3.01. The zero-order valence-corrected chi connectivity index (χ0v) is 10.7. The number of benzene rings is 1. The number of nitrogen functional groups attached to an aromatic ring is 1. The first kappa shape index (κ1) is 11.2. The minimum absolute atomic E-state index is 0.477. The molecule has 0 radical (unpaired) electrons. The molecule has 0 spiro atoms. The third kappa shape index (κ3) is 1.75. The van der Waals surface area contributed by atoms with Crippen LogP contribution in [0.2, 0.25) is 5.02 Å². The SMILES string of the molecule is Nc1c(Cl)cccc1-c1nnnn1-c1ccsc1.